The second kappa shape index (κ2) is 11.9. The van der Waals surface area contributed by atoms with Gasteiger partial charge in [-0.3, -0.25) is 4.68 Å². The summed E-state index contributed by atoms with van der Waals surface area (Å²) in [5.41, 5.74) is 0.622. The van der Waals surface area contributed by atoms with Crippen LogP contribution in [0.4, 0.5) is 0 Å². The van der Waals surface area contributed by atoms with E-state index < -0.39 is 6.49 Å². The number of rotatable bonds is 13. The summed E-state index contributed by atoms with van der Waals surface area (Å²) in [4.78, 5) is 0. The van der Waals surface area contributed by atoms with E-state index in [0.717, 1.165) is 30.2 Å². The molecule has 1 aromatic rings. The minimum atomic E-state index is -2.64. The fraction of sp³-hybridized carbons (Fsp3) is 0.812. The maximum atomic E-state index is 6.66. The van der Waals surface area contributed by atoms with Crippen LogP contribution in [0.1, 0.15) is 59.8 Å². The molecule has 0 amide bonds. The van der Waals surface area contributed by atoms with Gasteiger partial charge in [-0.05, 0) is 44.2 Å². The summed E-state index contributed by atoms with van der Waals surface area (Å²) in [5, 5.41) is 6.35. The number of halogens is 1. The first-order valence-electron chi connectivity index (χ1n) is 8.82. The van der Waals surface area contributed by atoms with Crippen molar-refractivity contribution < 1.29 is 9.05 Å². The molecule has 0 saturated heterocycles. The lowest BCUT2D eigenvalue weighted by Gasteiger charge is -2.19. The first kappa shape index (κ1) is 22.5. The molecular formula is C16H30ClN2O2PS2. The van der Waals surface area contributed by atoms with Crippen molar-refractivity contribution in [3.63, 3.8) is 0 Å². The van der Waals surface area contributed by atoms with Gasteiger partial charge < -0.3 is 9.05 Å². The molecule has 4 nitrogen and oxygen atoms in total. The molecule has 0 aliphatic heterocycles. The highest BCUT2D eigenvalue weighted by Crippen LogP contribution is 2.50. The summed E-state index contributed by atoms with van der Waals surface area (Å²) < 4.78 is 13.6. The number of unbranched alkanes of at least 4 members (excludes halogenated alkanes) is 3. The molecule has 0 aliphatic rings. The van der Waals surface area contributed by atoms with E-state index in [0.29, 0.717) is 23.7 Å². The van der Waals surface area contributed by atoms with E-state index in [1.54, 1.807) is 11.8 Å². The fourth-order valence-electron chi connectivity index (χ4n) is 2.26. The third kappa shape index (κ3) is 6.30. The Balaban J connectivity index is 3.11. The van der Waals surface area contributed by atoms with Gasteiger partial charge in [0.15, 0.2) is 5.44 Å². The highest BCUT2D eigenvalue weighted by Gasteiger charge is 2.31. The number of aromatic nitrogens is 2. The Labute approximate surface area is 161 Å². The van der Waals surface area contributed by atoms with Crippen molar-refractivity contribution in [1.29, 1.82) is 0 Å². The summed E-state index contributed by atoms with van der Waals surface area (Å²) in [6, 6.07) is 0. The van der Waals surface area contributed by atoms with Gasteiger partial charge in [-0.15, -0.1) is 11.8 Å². The van der Waals surface area contributed by atoms with Gasteiger partial charge in [-0.25, -0.2) is 0 Å². The average molecular weight is 413 g/mol. The zero-order valence-corrected chi connectivity index (χ0v) is 18.5. The molecule has 1 rings (SSSR count). The number of aryl methyl sites for hydroxylation is 1. The number of hydrogen-bond acceptors (Lipinski definition) is 5. The van der Waals surface area contributed by atoms with Crippen molar-refractivity contribution in [3.8, 4) is 0 Å². The van der Waals surface area contributed by atoms with Crippen molar-refractivity contribution in [3.05, 3.63) is 5.02 Å². The molecule has 0 atom stereocenters. The zero-order valence-electron chi connectivity index (χ0n) is 15.2. The van der Waals surface area contributed by atoms with Gasteiger partial charge in [-0.1, -0.05) is 44.7 Å². The second-order valence-corrected chi connectivity index (χ2v) is 10.2. The second-order valence-electron chi connectivity index (χ2n) is 5.41. The van der Waals surface area contributed by atoms with Crippen molar-refractivity contribution in [2.24, 2.45) is 0 Å². The molecule has 0 bridgehead atoms. The van der Waals surface area contributed by atoms with Crippen LogP contribution in [0.3, 0.4) is 0 Å². The van der Waals surface area contributed by atoms with E-state index in [-0.39, 0.29) is 0 Å². The van der Waals surface area contributed by atoms with Crippen LogP contribution in [0.25, 0.3) is 0 Å². The molecule has 0 radical (unpaired) electrons. The summed E-state index contributed by atoms with van der Waals surface area (Å²) >= 11 is 14.1. The Hall–Kier alpha value is 0.420. The molecule has 0 unspecified atom stereocenters. The number of nitrogens with zero attached hydrogens (tertiary/aromatic N) is 2. The van der Waals surface area contributed by atoms with Gasteiger partial charge in [0, 0.05) is 6.54 Å². The normalized spacial score (nSPS) is 12.0. The van der Waals surface area contributed by atoms with Gasteiger partial charge in [-0.2, -0.15) is 5.10 Å². The van der Waals surface area contributed by atoms with Crippen LogP contribution in [0.15, 0.2) is 5.03 Å². The van der Waals surface area contributed by atoms with Crippen LogP contribution >= 0.6 is 29.9 Å². The number of thioether (sulfide) groups is 1. The molecule has 24 heavy (non-hydrogen) atoms. The fourth-order valence-corrected chi connectivity index (χ4v) is 6.60. The highest BCUT2D eigenvalue weighted by molar-refractivity contribution is 8.13. The van der Waals surface area contributed by atoms with Crippen LogP contribution in [0, 0.1) is 0 Å². The molecule has 140 valence electrons. The topological polar surface area (TPSA) is 36.3 Å². The Morgan fingerprint density at radius 3 is 2.29 bits per heavy atom. The minimum Gasteiger partial charge on any atom is -0.325 e. The Morgan fingerprint density at radius 2 is 1.75 bits per heavy atom. The van der Waals surface area contributed by atoms with Crippen LogP contribution in [-0.2, 0) is 27.4 Å². The molecule has 0 fully saturated rings. The summed E-state index contributed by atoms with van der Waals surface area (Å²) in [7, 11) is 0. The van der Waals surface area contributed by atoms with Gasteiger partial charge in [0.1, 0.15) is 10.0 Å². The van der Waals surface area contributed by atoms with Gasteiger partial charge in [0.05, 0.1) is 13.2 Å². The molecule has 0 aromatic carbocycles. The lowest BCUT2D eigenvalue weighted by Crippen LogP contribution is -2.14. The number of hydrogen-bond donors (Lipinski definition) is 0. The maximum Gasteiger partial charge on any atom is 0.241 e. The molecular weight excluding hydrogens is 383 g/mol. The summed E-state index contributed by atoms with van der Waals surface area (Å²) in [5.74, 6) is 1.01. The van der Waals surface area contributed by atoms with Gasteiger partial charge in [0.2, 0.25) is 6.49 Å². The van der Waals surface area contributed by atoms with Gasteiger partial charge >= 0.3 is 0 Å². The average Bonchev–Trinajstić information content (AvgIpc) is 2.87. The van der Waals surface area contributed by atoms with Crippen molar-refractivity contribution >= 4 is 47.1 Å². The van der Waals surface area contributed by atoms with Crippen molar-refractivity contribution in [1.82, 2.24) is 9.78 Å². The first-order chi connectivity index (χ1) is 11.5. The highest BCUT2D eigenvalue weighted by atomic mass is 35.5. The van der Waals surface area contributed by atoms with Crippen LogP contribution < -0.4 is 5.44 Å². The lowest BCUT2D eigenvalue weighted by molar-refractivity contribution is 0.274. The van der Waals surface area contributed by atoms with E-state index in [1.165, 1.54) is 19.3 Å². The Kier molecular flexibility index (Phi) is 11.2. The third-order valence-corrected chi connectivity index (χ3v) is 8.44. The van der Waals surface area contributed by atoms with E-state index in [1.807, 2.05) is 18.5 Å². The quantitative estimate of drug-likeness (QED) is 0.238. The molecule has 0 aliphatic carbocycles. The minimum absolute atomic E-state index is 0.494. The van der Waals surface area contributed by atoms with E-state index in [2.05, 4.69) is 13.8 Å². The van der Waals surface area contributed by atoms with E-state index >= 15 is 0 Å². The standard InChI is InChI=1S/C16H30ClN2O2PS2/c1-5-9-10-11-12-19-16(24-13-6-2)14(17)15(18-19)22(23,20-7-3)21-8-4/h5-13H2,1-4H3. The van der Waals surface area contributed by atoms with Crippen molar-refractivity contribution in [2.75, 3.05) is 19.0 Å². The molecule has 8 heteroatoms. The molecule has 0 N–H and O–H groups in total. The van der Waals surface area contributed by atoms with E-state index in [9.17, 15) is 0 Å². The third-order valence-electron chi connectivity index (χ3n) is 3.36. The van der Waals surface area contributed by atoms with Gasteiger partial charge in [0.25, 0.3) is 0 Å². The largest absolute Gasteiger partial charge is 0.325 e. The molecule has 0 spiro atoms. The Bertz CT molecular complexity index is 530. The van der Waals surface area contributed by atoms with Crippen LogP contribution in [0.5, 0.6) is 0 Å². The lowest BCUT2D eigenvalue weighted by atomic mass is 10.2. The maximum absolute atomic E-state index is 6.66. The predicted molar refractivity (Wildman–Crippen MR) is 110 cm³/mol. The van der Waals surface area contributed by atoms with E-state index in [4.69, 9.17) is 37.6 Å². The monoisotopic (exact) mass is 412 g/mol. The van der Waals surface area contributed by atoms with Crippen LogP contribution in [0.2, 0.25) is 5.02 Å². The SMILES string of the molecule is CCCCCCn1nc(P(=S)(OCC)OCC)c(Cl)c1SCCC. The van der Waals surface area contributed by atoms with Crippen LogP contribution in [-0.4, -0.2) is 28.7 Å². The Morgan fingerprint density at radius 1 is 1.08 bits per heavy atom. The van der Waals surface area contributed by atoms with Crippen molar-refractivity contribution in [2.45, 2.75) is 71.4 Å². The molecule has 1 heterocycles. The zero-order chi connectivity index (χ0) is 18.0. The predicted octanol–water partition coefficient (Wildman–Crippen LogP) is 5.63. The summed E-state index contributed by atoms with van der Waals surface area (Å²) in [6.07, 6.45) is 5.85. The first-order valence-corrected chi connectivity index (χ1v) is 12.8. The molecule has 1 aromatic heterocycles. The summed E-state index contributed by atoms with van der Waals surface area (Å²) in [6.45, 7) is 7.43. The smallest absolute Gasteiger partial charge is 0.241 e. The molecule has 0 saturated carbocycles.